The molecule has 0 amide bonds. The van der Waals surface area contributed by atoms with Crippen molar-refractivity contribution in [1.29, 1.82) is 0 Å². The van der Waals surface area contributed by atoms with Crippen molar-refractivity contribution in [1.82, 2.24) is 4.98 Å². The Morgan fingerprint density at radius 2 is 2.28 bits per heavy atom. The van der Waals surface area contributed by atoms with Crippen molar-refractivity contribution >= 4 is 39.7 Å². The van der Waals surface area contributed by atoms with Gasteiger partial charge in [0.1, 0.15) is 16.4 Å². The number of thiophene rings is 1. The molecule has 0 aliphatic carbocycles. The van der Waals surface area contributed by atoms with Crippen LogP contribution in [0.4, 0.5) is 14.5 Å². The second-order valence-electron chi connectivity index (χ2n) is 6.26. The molecule has 0 unspecified atom stereocenters. The molecular formula is C20H20ClF2N3O2S. The van der Waals surface area contributed by atoms with Gasteiger partial charge in [-0.1, -0.05) is 23.6 Å². The first kappa shape index (κ1) is 21.5. The van der Waals surface area contributed by atoms with Crippen molar-refractivity contribution in [2.24, 2.45) is 5.73 Å². The number of ether oxygens (including phenoxy) is 1. The van der Waals surface area contributed by atoms with Gasteiger partial charge in [0, 0.05) is 30.0 Å². The first-order valence-electron chi connectivity index (χ1n) is 8.94. The van der Waals surface area contributed by atoms with Crippen molar-refractivity contribution < 1.29 is 17.9 Å². The number of alkyl halides is 2. The van der Waals surface area contributed by atoms with Crippen molar-refractivity contribution in [2.75, 3.05) is 11.9 Å². The normalized spacial score (nSPS) is 12.2. The third-order valence-corrected chi connectivity index (χ3v) is 5.22. The molecule has 29 heavy (non-hydrogen) atoms. The summed E-state index contributed by atoms with van der Waals surface area (Å²) in [6, 6.07) is 5.28. The second kappa shape index (κ2) is 10.0. The maximum absolute atomic E-state index is 12.1. The van der Waals surface area contributed by atoms with E-state index in [0.717, 1.165) is 4.88 Å². The second-order valence-corrected chi connectivity index (χ2v) is 7.68. The Labute approximate surface area is 176 Å². The molecule has 0 aromatic carbocycles. The molecule has 5 nitrogen and oxygen atoms in total. The van der Waals surface area contributed by atoms with Gasteiger partial charge < -0.3 is 20.2 Å². The Hall–Kier alpha value is -2.18. The first-order chi connectivity index (χ1) is 14.0. The number of hydrogen-bond donors (Lipinski definition) is 2. The van der Waals surface area contributed by atoms with Gasteiger partial charge in [-0.15, -0.1) is 17.3 Å². The lowest BCUT2D eigenvalue weighted by atomic mass is 10.1. The van der Waals surface area contributed by atoms with E-state index in [2.05, 4.69) is 26.9 Å². The van der Waals surface area contributed by atoms with Gasteiger partial charge in [0.15, 0.2) is 5.58 Å². The van der Waals surface area contributed by atoms with Crippen LogP contribution in [-0.4, -0.2) is 24.2 Å². The zero-order valence-corrected chi connectivity index (χ0v) is 17.2. The SMILES string of the molecule is CC#Cc1c(C[C@@H](N)CCOC(F)F)oc2c(NCc3cccs3)cc(Cl)nc12. The van der Waals surface area contributed by atoms with Crippen LogP contribution in [0.5, 0.6) is 0 Å². The molecule has 0 aliphatic heterocycles. The highest BCUT2D eigenvalue weighted by Crippen LogP contribution is 2.33. The standard InChI is InChI=1S/C20H20ClF2N3O2S/c1-2-4-14-16(9-12(24)6-7-27-20(22)23)28-19-15(10-17(21)26-18(14)19)25-11-13-5-3-8-29-13/h3,5,8,10,12,20H,6-7,9,11,24H2,1H3,(H,25,26)/t12-/m0/s1. The molecule has 0 radical (unpaired) electrons. The lowest BCUT2D eigenvalue weighted by molar-refractivity contribution is -0.129. The van der Waals surface area contributed by atoms with E-state index >= 15 is 0 Å². The van der Waals surface area contributed by atoms with Gasteiger partial charge in [-0.25, -0.2) is 4.98 Å². The monoisotopic (exact) mass is 439 g/mol. The molecular weight excluding hydrogens is 420 g/mol. The highest BCUT2D eigenvalue weighted by atomic mass is 35.5. The number of aromatic nitrogens is 1. The third kappa shape index (κ3) is 5.67. The number of hydrogen-bond acceptors (Lipinski definition) is 6. The number of nitrogens with one attached hydrogen (secondary N) is 1. The molecule has 154 valence electrons. The van der Waals surface area contributed by atoms with E-state index in [1.807, 2.05) is 17.5 Å². The molecule has 1 atom stereocenters. The van der Waals surface area contributed by atoms with E-state index in [4.69, 9.17) is 21.8 Å². The van der Waals surface area contributed by atoms with E-state index in [1.165, 1.54) is 0 Å². The zero-order valence-electron chi connectivity index (χ0n) is 15.7. The van der Waals surface area contributed by atoms with Crippen LogP contribution in [0.25, 0.3) is 11.1 Å². The van der Waals surface area contributed by atoms with Gasteiger partial charge in [-0.05, 0) is 24.8 Å². The van der Waals surface area contributed by atoms with E-state index in [0.29, 0.717) is 46.2 Å². The summed E-state index contributed by atoms with van der Waals surface area (Å²) >= 11 is 7.86. The molecule has 3 aromatic rings. The van der Waals surface area contributed by atoms with E-state index in [-0.39, 0.29) is 13.0 Å². The van der Waals surface area contributed by atoms with Crippen molar-refractivity contribution in [3.05, 3.63) is 44.9 Å². The summed E-state index contributed by atoms with van der Waals surface area (Å²) < 4.78 is 34.6. The van der Waals surface area contributed by atoms with Crippen LogP contribution in [-0.2, 0) is 17.7 Å². The number of furan rings is 1. The van der Waals surface area contributed by atoms with Crippen LogP contribution in [0.2, 0.25) is 5.15 Å². The third-order valence-electron chi connectivity index (χ3n) is 4.15. The van der Waals surface area contributed by atoms with Crippen LogP contribution >= 0.6 is 22.9 Å². The fraction of sp³-hybridized carbons (Fsp3) is 0.350. The quantitative estimate of drug-likeness (QED) is 0.361. The van der Waals surface area contributed by atoms with Crippen molar-refractivity contribution in [3.8, 4) is 11.8 Å². The summed E-state index contributed by atoms with van der Waals surface area (Å²) in [5.41, 5.74) is 8.47. The van der Waals surface area contributed by atoms with Crippen LogP contribution in [0.15, 0.2) is 28.0 Å². The van der Waals surface area contributed by atoms with Gasteiger partial charge in [-0.3, -0.25) is 0 Å². The lowest BCUT2D eigenvalue weighted by Crippen LogP contribution is -2.25. The highest BCUT2D eigenvalue weighted by Gasteiger charge is 2.20. The van der Waals surface area contributed by atoms with Crippen LogP contribution in [0, 0.1) is 11.8 Å². The van der Waals surface area contributed by atoms with Crippen molar-refractivity contribution in [2.45, 2.75) is 39.0 Å². The average molecular weight is 440 g/mol. The number of anilines is 1. The van der Waals surface area contributed by atoms with Crippen molar-refractivity contribution in [3.63, 3.8) is 0 Å². The minimum absolute atomic E-state index is 0.133. The minimum atomic E-state index is -2.81. The predicted octanol–water partition coefficient (Wildman–Crippen LogP) is 5.03. The summed E-state index contributed by atoms with van der Waals surface area (Å²) in [6.07, 6.45) is 0.576. The van der Waals surface area contributed by atoms with Gasteiger partial charge in [0.2, 0.25) is 0 Å². The number of pyridine rings is 1. The topological polar surface area (TPSA) is 73.3 Å². The van der Waals surface area contributed by atoms with Gasteiger partial charge in [-0.2, -0.15) is 8.78 Å². The molecule has 0 saturated heterocycles. The Balaban J connectivity index is 1.87. The fourth-order valence-electron chi connectivity index (χ4n) is 2.85. The number of halogens is 3. The molecule has 0 saturated carbocycles. The largest absolute Gasteiger partial charge is 0.456 e. The van der Waals surface area contributed by atoms with E-state index < -0.39 is 12.7 Å². The molecule has 0 spiro atoms. The summed E-state index contributed by atoms with van der Waals surface area (Å²) in [4.78, 5) is 5.54. The van der Waals surface area contributed by atoms with Gasteiger partial charge in [0.25, 0.3) is 0 Å². The summed E-state index contributed by atoms with van der Waals surface area (Å²) in [5.74, 6) is 6.41. The average Bonchev–Trinajstić information content (AvgIpc) is 3.29. The molecule has 0 aliphatic rings. The molecule has 0 bridgehead atoms. The summed E-state index contributed by atoms with van der Waals surface area (Å²) in [7, 11) is 0. The predicted molar refractivity (Wildman–Crippen MR) is 111 cm³/mol. The van der Waals surface area contributed by atoms with Gasteiger partial charge >= 0.3 is 6.61 Å². The minimum Gasteiger partial charge on any atom is -0.456 e. The maximum Gasteiger partial charge on any atom is 0.345 e. The Kier molecular flexibility index (Phi) is 7.45. The fourth-order valence-corrected chi connectivity index (χ4v) is 3.69. The molecule has 0 fully saturated rings. The maximum atomic E-state index is 12.1. The van der Waals surface area contributed by atoms with Gasteiger partial charge in [0.05, 0.1) is 17.9 Å². The molecule has 3 rings (SSSR count). The number of nitrogens with zero attached hydrogens (tertiary/aromatic N) is 1. The number of fused-ring (bicyclic) bond motifs is 1. The number of rotatable bonds is 9. The smallest absolute Gasteiger partial charge is 0.345 e. The Morgan fingerprint density at radius 1 is 1.45 bits per heavy atom. The highest BCUT2D eigenvalue weighted by molar-refractivity contribution is 7.09. The van der Waals surface area contributed by atoms with Crippen LogP contribution < -0.4 is 11.1 Å². The zero-order chi connectivity index (χ0) is 20.8. The Bertz CT molecular complexity index is 1010. The number of nitrogens with two attached hydrogens (primary N) is 1. The van der Waals surface area contributed by atoms with Crippen LogP contribution in [0.3, 0.4) is 0 Å². The first-order valence-corrected chi connectivity index (χ1v) is 10.2. The molecule has 3 N–H and O–H groups in total. The molecule has 9 heteroatoms. The lowest BCUT2D eigenvalue weighted by Gasteiger charge is -2.10. The van der Waals surface area contributed by atoms with E-state index in [1.54, 1.807) is 24.3 Å². The molecule has 3 aromatic heterocycles. The summed E-state index contributed by atoms with van der Waals surface area (Å²) in [6.45, 7) is -0.619. The Morgan fingerprint density at radius 3 is 2.97 bits per heavy atom. The van der Waals surface area contributed by atoms with Crippen LogP contribution in [0.1, 0.15) is 29.5 Å². The molecule has 3 heterocycles. The summed E-state index contributed by atoms with van der Waals surface area (Å²) in [5, 5.41) is 5.64. The van der Waals surface area contributed by atoms with E-state index in [9.17, 15) is 8.78 Å².